The Morgan fingerprint density at radius 2 is 2.06 bits per heavy atom. The Morgan fingerprint density at radius 3 is 2.47 bits per heavy atom. The van der Waals surface area contributed by atoms with Gasteiger partial charge in [-0.2, -0.15) is 0 Å². The third-order valence-corrected chi connectivity index (χ3v) is 3.37. The molecule has 0 saturated heterocycles. The van der Waals surface area contributed by atoms with Crippen LogP contribution in [0.1, 0.15) is 10.4 Å². The van der Waals surface area contributed by atoms with Crippen LogP contribution in [0.2, 0.25) is 0 Å². The van der Waals surface area contributed by atoms with Gasteiger partial charge < -0.3 is 10.0 Å². The summed E-state index contributed by atoms with van der Waals surface area (Å²) < 4.78 is 22.7. The fraction of sp³-hybridized carbons (Fsp3) is 0.100. The first-order valence-electron chi connectivity index (χ1n) is 4.73. The summed E-state index contributed by atoms with van der Waals surface area (Å²) in [7, 11) is -3.87. The van der Waals surface area contributed by atoms with Crippen molar-refractivity contribution in [2.45, 2.75) is 4.90 Å². The lowest BCUT2D eigenvalue weighted by Crippen LogP contribution is -2.27. The van der Waals surface area contributed by atoms with Crippen LogP contribution >= 0.6 is 0 Å². The molecule has 0 fully saturated rings. The molecule has 90 valence electrons. The molecule has 0 radical (unpaired) electrons. The van der Waals surface area contributed by atoms with Gasteiger partial charge >= 0.3 is 5.97 Å². The molecule has 6 nitrogen and oxygen atoms in total. The molecule has 0 atom stereocenters. The van der Waals surface area contributed by atoms with Gasteiger partial charge in [-0.25, -0.2) is 18.4 Å². The van der Waals surface area contributed by atoms with E-state index in [9.17, 15) is 13.2 Å². The van der Waals surface area contributed by atoms with Gasteiger partial charge in [0.25, 0.3) is 0 Å². The maximum absolute atomic E-state index is 11.4. The van der Waals surface area contributed by atoms with Crippen LogP contribution in [-0.2, 0) is 10.0 Å². The number of carbonyl (C=O) groups is 1. The van der Waals surface area contributed by atoms with Crippen LogP contribution in [0.5, 0.6) is 0 Å². The highest BCUT2D eigenvalue weighted by Gasteiger charge is 2.21. The Bertz CT molecular complexity index is 607. The van der Waals surface area contributed by atoms with Gasteiger partial charge in [0.2, 0.25) is 10.0 Å². The van der Waals surface area contributed by atoms with Gasteiger partial charge in [-0.15, -0.1) is 0 Å². The van der Waals surface area contributed by atoms with Crippen molar-refractivity contribution in [3.8, 4) is 0 Å². The van der Waals surface area contributed by atoms with Crippen LogP contribution in [0.15, 0.2) is 35.4 Å². The van der Waals surface area contributed by atoms with E-state index in [-0.39, 0.29) is 16.1 Å². The van der Waals surface area contributed by atoms with Crippen molar-refractivity contribution in [1.29, 1.82) is 0 Å². The Kier molecular flexibility index (Phi) is 2.64. The molecular formula is C10H10N2O4S. The minimum Gasteiger partial charge on any atom is -0.478 e. The highest BCUT2D eigenvalue weighted by molar-refractivity contribution is 7.89. The largest absolute Gasteiger partial charge is 0.478 e. The van der Waals surface area contributed by atoms with Crippen molar-refractivity contribution < 1.29 is 18.3 Å². The van der Waals surface area contributed by atoms with Crippen molar-refractivity contribution in [1.82, 2.24) is 0 Å². The first-order valence-corrected chi connectivity index (χ1v) is 6.27. The molecule has 2 rings (SSSR count). The lowest BCUT2D eigenvalue weighted by atomic mass is 10.1. The number of nitrogens with two attached hydrogens (primary N) is 1. The third kappa shape index (κ3) is 2.15. The summed E-state index contributed by atoms with van der Waals surface area (Å²) >= 11 is 0. The SMILES string of the molecule is NS(=O)(=O)c1ccc(C(=O)O)cc1N1C=CC1. The number of nitrogens with zero attached hydrogens (tertiary/aromatic N) is 1. The van der Waals surface area contributed by atoms with E-state index in [1.54, 1.807) is 11.1 Å². The fourth-order valence-electron chi connectivity index (χ4n) is 1.50. The second-order valence-corrected chi connectivity index (χ2v) is 5.10. The van der Waals surface area contributed by atoms with Crippen LogP contribution in [0.3, 0.4) is 0 Å². The number of carboxylic acid groups (broad SMARTS) is 1. The summed E-state index contributed by atoms with van der Waals surface area (Å²) in [6.45, 7) is 0.533. The average Bonchev–Trinajstić information content (AvgIpc) is 2.13. The van der Waals surface area contributed by atoms with Gasteiger partial charge in [-0.1, -0.05) is 0 Å². The van der Waals surface area contributed by atoms with E-state index in [0.29, 0.717) is 6.54 Å². The van der Waals surface area contributed by atoms with E-state index in [1.807, 2.05) is 6.08 Å². The van der Waals surface area contributed by atoms with Gasteiger partial charge in [0.1, 0.15) is 4.90 Å². The zero-order valence-corrected chi connectivity index (χ0v) is 9.52. The van der Waals surface area contributed by atoms with Crippen LogP contribution in [0.4, 0.5) is 5.69 Å². The lowest BCUT2D eigenvalue weighted by Gasteiger charge is -2.27. The number of anilines is 1. The molecule has 1 heterocycles. The predicted molar refractivity (Wildman–Crippen MR) is 61.3 cm³/mol. The molecule has 1 aromatic carbocycles. The van der Waals surface area contributed by atoms with Crippen LogP contribution in [0.25, 0.3) is 0 Å². The minimum absolute atomic E-state index is 0.0210. The zero-order chi connectivity index (χ0) is 12.6. The molecular weight excluding hydrogens is 244 g/mol. The summed E-state index contributed by atoms with van der Waals surface area (Å²) in [5.74, 6) is -1.11. The molecule has 1 aliphatic rings. The number of hydrogen-bond donors (Lipinski definition) is 2. The Hall–Kier alpha value is -1.86. The monoisotopic (exact) mass is 254 g/mol. The Labute approximate surface area is 98.0 Å². The third-order valence-electron chi connectivity index (χ3n) is 2.41. The molecule has 1 aliphatic heterocycles. The molecule has 0 spiro atoms. The van der Waals surface area contributed by atoms with Crippen molar-refractivity contribution in [3.05, 3.63) is 36.0 Å². The van der Waals surface area contributed by atoms with E-state index < -0.39 is 16.0 Å². The maximum atomic E-state index is 11.4. The first kappa shape index (κ1) is 11.6. The topological polar surface area (TPSA) is 101 Å². The number of carboxylic acids is 1. The quantitative estimate of drug-likeness (QED) is 0.811. The van der Waals surface area contributed by atoms with Crippen LogP contribution in [0, 0.1) is 0 Å². The number of sulfonamides is 1. The van der Waals surface area contributed by atoms with E-state index in [4.69, 9.17) is 10.2 Å². The van der Waals surface area contributed by atoms with Crippen LogP contribution < -0.4 is 10.0 Å². The molecule has 3 N–H and O–H groups in total. The number of benzene rings is 1. The molecule has 0 aromatic heterocycles. The highest BCUT2D eigenvalue weighted by atomic mass is 32.2. The summed E-state index contributed by atoms with van der Waals surface area (Å²) in [6.07, 6.45) is 3.48. The van der Waals surface area contributed by atoms with Gasteiger partial charge in [0.05, 0.1) is 11.3 Å². The van der Waals surface area contributed by atoms with E-state index in [2.05, 4.69) is 0 Å². The van der Waals surface area contributed by atoms with E-state index >= 15 is 0 Å². The molecule has 0 amide bonds. The number of aromatic carboxylic acids is 1. The van der Waals surface area contributed by atoms with Crippen molar-refractivity contribution >= 4 is 21.7 Å². The second kappa shape index (κ2) is 3.86. The maximum Gasteiger partial charge on any atom is 0.335 e. The number of hydrogen-bond acceptors (Lipinski definition) is 4. The summed E-state index contributed by atoms with van der Waals surface area (Å²) in [6, 6.07) is 3.72. The fourth-order valence-corrected chi connectivity index (χ4v) is 2.23. The number of primary sulfonamides is 1. The molecule has 1 aromatic rings. The Morgan fingerprint density at radius 1 is 1.41 bits per heavy atom. The van der Waals surface area contributed by atoms with Gasteiger partial charge in [0, 0.05) is 12.7 Å². The molecule has 0 saturated carbocycles. The van der Waals surface area contributed by atoms with E-state index in [1.165, 1.54) is 18.2 Å². The average molecular weight is 254 g/mol. The molecule has 7 heteroatoms. The zero-order valence-electron chi connectivity index (χ0n) is 8.70. The molecule has 0 bridgehead atoms. The van der Waals surface area contributed by atoms with Gasteiger partial charge in [-0.3, -0.25) is 0 Å². The van der Waals surface area contributed by atoms with Gasteiger partial charge in [-0.05, 0) is 24.3 Å². The van der Waals surface area contributed by atoms with Crippen molar-refractivity contribution in [3.63, 3.8) is 0 Å². The second-order valence-electron chi connectivity index (χ2n) is 3.57. The molecule has 0 unspecified atom stereocenters. The first-order chi connectivity index (χ1) is 7.89. The minimum atomic E-state index is -3.87. The van der Waals surface area contributed by atoms with E-state index in [0.717, 1.165) is 0 Å². The van der Waals surface area contributed by atoms with Crippen LogP contribution in [-0.4, -0.2) is 26.0 Å². The summed E-state index contributed by atoms with van der Waals surface area (Å²) in [5, 5.41) is 13.9. The normalized spacial score (nSPS) is 14.5. The number of rotatable bonds is 3. The highest BCUT2D eigenvalue weighted by Crippen LogP contribution is 2.28. The smallest absolute Gasteiger partial charge is 0.335 e. The summed E-state index contributed by atoms with van der Waals surface area (Å²) in [4.78, 5) is 12.4. The standard InChI is InChI=1S/C10H10N2O4S/c11-17(15,16)9-3-2-7(10(13)14)6-8(9)12-4-1-5-12/h1-4,6H,5H2,(H,13,14)(H2,11,15,16). The Balaban J connectivity index is 2.60. The predicted octanol–water partition coefficient (Wildman–Crippen LogP) is 0.366. The molecule has 0 aliphatic carbocycles. The van der Waals surface area contributed by atoms with Gasteiger partial charge in [0.15, 0.2) is 0 Å². The van der Waals surface area contributed by atoms with Crippen molar-refractivity contribution in [2.24, 2.45) is 5.14 Å². The van der Waals surface area contributed by atoms with Crippen molar-refractivity contribution in [2.75, 3.05) is 11.4 Å². The lowest BCUT2D eigenvalue weighted by molar-refractivity contribution is 0.0697. The molecule has 17 heavy (non-hydrogen) atoms. The summed E-state index contributed by atoms with van der Waals surface area (Å²) in [5.41, 5.74) is 0.308.